The summed E-state index contributed by atoms with van der Waals surface area (Å²) in [6.07, 6.45) is 3.06. The summed E-state index contributed by atoms with van der Waals surface area (Å²) in [5, 5.41) is -0.449. The third-order valence-corrected chi connectivity index (χ3v) is 2.31. The molecule has 0 aliphatic rings. The van der Waals surface area contributed by atoms with E-state index in [1.165, 1.54) is 11.6 Å². The van der Waals surface area contributed by atoms with Gasteiger partial charge in [-0.25, -0.2) is 0 Å². The van der Waals surface area contributed by atoms with Crippen molar-refractivity contribution in [3.8, 4) is 0 Å². The summed E-state index contributed by atoms with van der Waals surface area (Å²) in [5.74, 6) is 0. The zero-order valence-electron chi connectivity index (χ0n) is 9.25. The molecule has 0 bridgehead atoms. The van der Waals surface area contributed by atoms with Crippen LogP contribution in [0.25, 0.3) is 6.08 Å². The first-order valence-electron chi connectivity index (χ1n) is 4.88. The molecule has 0 atom stereocenters. The van der Waals surface area contributed by atoms with Crippen molar-refractivity contribution in [3.05, 3.63) is 41.5 Å². The highest BCUT2D eigenvalue weighted by atomic mass is 35.5. The van der Waals surface area contributed by atoms with Crippen LogP contribution in [-0.2, 0) is 10.2 Å². The second-order valence-corrected chi connectivity index (χ2v) is 4.88. The fourth-order valence-corrected chi connectivity index (χ4v) is 1.32. The number of rotatable bonds is 2. The molecule has 80 valence electrons. The van der Waals surface area contributed by atoms with E-state index in [1.54, 1.807) is 6.08 Å². The molecule has 1 aromatic carbocycles. The van der Waals surface area contributed by atoms with Gasteiger partial charge in [0.1, 0.15) is 0 Å². The maximum absolute atomic E-state index is 10.5. The molecule has 2 heteroatoms. The molecule has 0 saturated heterocycles. The van der Waals surface area contributed by atoms with E-state index in [0.717, 1.165) is 5.56 Å². The van der Waals surface area contributed by atoms with Gasteiger partial charge in [0.2, 0.25) is 5.24 Å². The maximum Gasteiger partial charge on any atom is 0.245 e. The number of carbonyl (C=O) groups is 1. The van der Waals surface area contributed by atoms with E-state index in [2.05, 4.69) is 32.9 Å². The van der Waals surface area contributed by atoms with Gasteiger partial charge >= 0.3 is 0 Å². The molecule has 1 rings (SSSR count). The lowest BCUT2D eigenvalue weighted by Gasteiger charge is -2.18. The SMILES string of the molecule is CC(C)(C)c1ccc(C=CC(=O)Cl)cc1. The predicted molar refractivity (Wildman–Crippen MR) is 65.0 cm³/mol. The van der Waals surface area contributed by atoms with Gasteiger partial charge in [0.15, 0.2) is 0 Å². The third kappa shape index (κ3) is 3.88. The van der Waals surface area contributed by atoms with Crippen molar-refractivity contribution in [2.75, 3.05) is 0 Å². The van der Waals surface area contributed by atoms with Crippen LogP contribution in [0.1, 0.15) is 31.9 Å². The Bertz CT molecular complexity index is 369. The monoisotopic (exact) mass is 222 g/mol. The van der Waals surface area contributed by atoms with Crippen LogP contribution in [0.3, 0.4) is 0 Å². The minimum atomic E-state index is -0.449. The van der Waals surface area contributed by atoms with E-state index in [-0.39, 0.29) is 5.41 Å². The Morgan fingerprint density at radius 2 is 1.73 bits per heavy atom. The first kappa shape index (κ1) is 12.0. The summed E-state index contributed by atoms with van der Waals surface area (Å²) < 4.78 is 0. The van der Waals surface area contributed by atoms with E-state index in [1.807, 2.05) is 12.1 Å². The van der Waals surface area contributed by atoms with Gasteiger partial charge in [-0.05, 0) is 34.2 Å². The lowest BCUT2D eigenvalue weighted by molar-refractivity contribution is -0.107. The van der Waals surface area contributed by atoms with Gasteiger partial charge in [-0.15, -0.1) is 0 Å². The van der Waals surface area contributed by atoms with E-state index >= 15 is 0 Å². The third-order valence-electron chi connectivity index (χ3n) is 2.18. The summed E-state index contributed by atoms with van der Waals surface area (Å²) >= 11 is 5.21. The molecule has 0 aromatic heterocycles. The van der Waals surface area contributed by atoms with E-state index in [4.69, 9.17) is 11.6 Å². The van der Waals surface area contributed by atoms with Gasteiger partial charge in [-0.2, -0.15) is 0 Å². The largest absolute Gasteiger partial charge is 0.276 e. The summed E-state index contributed by atoms with van der Waals surface area (Å²) in [5.41, 5.74) is 2.42. The molecule has 0 radical (unpaired) electrons. The molecule has 0 aliphatic carbocycles. The zero-order chi connectivity index (χ0) is 11.5. The molecule has 0 N–H and O–H groups in total. The lowest BCUT2D eigenvalue weighted by Crippen LogP contribution is -2.10. The van der Waals surface area contributed by atoms with Crippen molar-refractivity contribution in [3.63, 3.8) is 0 Å². The topological polar surface area (TPSA) is 17.1 Å². The summed E-state index contributed by atoms with van der Waals surface area (Å²) in [6, 6.07) is 8.10. The Hall–Kier alpha value is -1.08. The molecular formula is C13H15ClO. The number of halogens is 1. The maximum atomic E-state index is 10.5. The zero-order valence-corrected chi connectivity index (χ0v) is 10.0. The molecular weight excluding hydrogens is 208 g/mol. The fourth-order valence-electron chi connectivity index (χ4n) is 1.26. The Morgan fingerprint density at radius 3 is 2.13 bits per heavy atom. The van der Waals surface area contributed by atoms with Crippen LogP contribution in [0.4, 0.5) is 0 Å². The van der Waals surface area contributed by atoms with Gasteiger partial charge in [-0.3, -0.25) is 4.79 Å². The van der Waals surface area contributed by atoms with Crippen molar-refractivity contribution in [2.45, 2.75) is 26.2 Å². The van der Waals surface area contributed by atoms with Crippen molar-refractivity contribution in [1.82, 2.24) is 0 Å². The van der Waals surface area contributed by atoms with Gasteiger partial charge in [0.25, 0.3) is 0 Å². The molecule has 1 aromatic rings. The van der Waals surface area contributed by atoms with Crippen LogP contribution in [-0.4, -0.2) is 5.24 Å². The van der Waals surface area contributed by atoms with Crippen molar-refractivity contribution < 1.29 is 4.79 Å². The molecule has 0 heterocycles. The van der Waals surface area contributed by atoms with Gasteiger partial charge in [0, 0.05) is 0 Å². The molecule has 0 saturated carbocycles. The summed E-state index contributed by atoms with van der Waals surface area (Å²) in [7, 11) is 0. The second-order valence-electron chi connectivity index (χ2n) is 4.51. The Labute approximate surface area is 95.8 Å². The van der Waals surface area contributed by atoms with Crippen molar-refractivity contribution in [2.24, 2.45) is 0 Å². The highest BCUT2D eigenvalue weighted by Crippen LogP contribution is 2.22. The number of hydrogen-bond donors (Lipinski definition) is 0. The standard InChI is InChI=1S/C13H15ClO/c1-13(2,3)11-7-4-10(5-8-11)6-9-12(14)15/h4-9H,1-3H3. The number of carbonyl (C=O) groups excluding carboxylic acids is 1. The molecule has 0 aliphatic heterocycles. The van der Waals surface area contributed by atoms with Gasteiger partial charge in [-0.1, -0.05) is 51.1 Å². The number of benzene rings is 1. The highest BCUT2D eigenvalue weighted by Gasteiger charge is 2.12. The minimum Gasteiger partial charge on any atom is -0.276 e. The van der Waals surface area contributed by atoms with Gasteiger partial charge in [0.05, 0.1) is 0 Å². The minimum absolute atomic E-state index is 0.157. The Morgan fingerprint density at radius 1 is 1.20 bits per heavy atom. The molecule has 0 spiro atoms. The summed E-state index contributed by atoms with van der Waals surface area (Å²) in [6.45, 7) is 6.50. The number of hydrogen-bond acceptors (Lipinski definition) is 1. The van der Waals surface area contributed by atoms with Gasteiger partial charge < -0.3 is 0 Å². The average Bonchev–Trinajstić information content (AvgIpc) is 2.14. The highest BCUT2D eigenvalue weighted by molar-refractivity contribution is 6.66. The molecule has 15 heavy (non-hydrogen) atoms. The summed E-state index contributed by atoms with van der Waals surface area (Å²) in [4.78, 5) is 10.5. The predicted octanol–water partition coefficient (Wildman–Crippen LogP) is 3.76. The van der Waals surface area contributed by atoms with E-state index < -0.39 is 5.24 Å². The van der Waals surface area contributed by atoms with Crippen molar-refractivity contribution in [1.29, 1.82) is 0 Å². The molecule has 0 fully saturated rings. The van der Waals surface area contributed by atoms with Crippen LogP contribution in [0.2, 0.25) is 0 Å². The quantitative estimate of drug-likeness (QED) is 0.550. The van der Waals surface area contributed by atoms with Crippen LogP contribution in [0.5, 0.6) is 0 Å². The van der Waals surface area contributed by atoms with Crippen LogP contribution in [0, 0.1) is 0 Å². The van der Waals surface area contributed by atoms with E-state index in [0.29, 0.717) is 0 Å². The Balaban J connectivity index is 2.86. The normalized spacial score (nSPS) is 12.0. The smallest absolute Gasteiger partial charge is 0.245 e. The van der Waals surface area contributed by atoms with Crippen molar-refractivity contribution >= 4 is 22.9 Å². The molecule has 1 nitrogen and oxygen atoms in total. The second kappa shape index (κ2) is 4.63. The Kier molecular flexibility index (Phi) is 3.70. The van der Waals surface area contributed by atoms with Crippen LogP contribution >= 0.6 is 11.6 Å². The lowest BCUT2D eigenvalue weighted by atomic mass is 9.87. The average molecular weight is 223 g/mol. The first-order chi connectivity index (χ1) is 6.89. The van der Waals surface area contributed by atoms with Crippen LogP contribution in [0.15, 0.2) is 30.3 Å². The fraction of sp³-hybridized carbons (Fsp3) is 0.308. The number of allylic oxidation sites excluding steroid dienone is 1. The molecule has 0 unspecified atom stereocenters. The van der Waals surface area contributed by atoms with Crippen LogP contribution < -0.4 is 0 Å². The molecule has 0 amide bonds. The first-order valence-corrected chi connectivity index (χ1v) is 5.25. The van der Waals surface area contributed by atoms with E-state index in [9.17, 15) is 4.79 Å².